The Morgan fingerprint density at radius 3 is 2.88 bits per heavy atom. The Labute approximate surface area is 140 Å². The molecular weight excluding hydrogens is 306 g/mol. The molecule has 4 rings (SSSR count). The second-order valence-electron chi connectivity index (χ2n) is 6.27. The summed E-state index contributed by atoms with van der Waals surface area (Å²) in [7, 11) is 0. The zero-order valence-corrected chi connectivity index (χ0v) is 13.5. The van der Waals surface area contributed by atoms with Gasteiger partial charge in [0.2, 0.25) is 0 Å². The molecule has 7 heteroatoms. The van der Waals surface area contributed by atoms with Gasteiger partial charge in [0.1, 0.15) is 11.8 Å². The van der Waals surface area contributed by atoms with Gasteiger partial charge in [-0.05, 0) is 31.0 Å². The van der Waals surface area contributed by atoms with Crippen molar-refractivity contribution in [3.63, 3.8) is 0 Å². The summed E-state index contributed by atoms with van der Waals surface area (Å²) in [4.78, 5) is 21.0. The second-order valence-corrected chi connectivity index (χ2v) is 6.27. The molecule has 0 aromatic carbocycles. The summed E-state index contributed by atoms with van der Waals surface area (Å²) in [5, 5.41) is 6.57. The smallest absolute Gasteiger partial charge is 0.271 e. The first-order chi connectivity index (χ1) is 11.8. The average Bonchev–Trinajstić information content (AvgIpc) is 3.36. The van der Waals surface area contributed by atoms with Crippen LogP contribution in [-0.2, 0) is 0 Å². The van der Waals surface area contributed by atoms with Crippen molar-refractivity contribution in [1.29, 1.82) is 0 Å². The number of amides is 1. The van der Waals surface area contributed by atoms with E-state index in [1.54, 1.807) is 12.3 Å². The Balaban J connectivity index is 1.43. The van der Waals surface area contributed by atoms with Gasteiger partial charge in [-0.1, -0.05) is 0 Å². The van der Waals surface area contributed by atoms with E-state index in [1.807, 2.05) is 23.2 Å². The number of anilines is 1. The average molecular weight is 327 g/mol. The number of carbonyl (C=O) groups excluding carboxylic acids is 1. The predicted octanol–water partition coefficient (Wildman–Crippen LogP) is 1.70. The molecule has 2 aliphatic rings. The van der Waals surface area contributed by atoms with Crippen molar-refractivity contribution in [1.82, 2.24) is 20.1 Å². The van der Waals surface area contributed by atoms with E-state index in [0.29, 0.717) is 18.8 Å². The molecule has 0 aliphatic carbocycles. The van der Waals surface area contributed by atoms with Crippen LogP contribution in [0.2, 0.25) is 0 Å². The van der Waals surface area contributed by atoms with Gasteiger partial charge in [-0.3, -0.25) is 9.89 Å². The van der Waals surface area contributed by atoms with Crippen LogP contribution in [0, 0.1) is 0 Å². The zero-order valence-electron chi connectivity index (χ0n) is 13.5. The number of hydrogen-bond donors (Lipinski definition) is 1. The van der Waals surface area contributed by atoms with Crippen molar-refractivity contribution < 1.29 is 9.53 Å². The maximum atomic E-state index is 12.4. The summed E-state index contributed by atoms with van der Waals surface area (Å²) in [5.74, 6) is 1.72. The lowest BCUT2D eigenvalue weighted by atomic mass is 10.3. The van der Waals surface area contributed by atoms with Crippen molar-refractivity contribution in [2.75, 3.05) is 31.1 Å². The third-order valence-corrected chi connectivity index (χ3v) is 4.61. The molecule has 2 aromatic rings. The van der Waals surface area contributed by atoms with Crippen LogP contribution in [-0.4, -0.2) is 58.3 Å². The first kappa shape index (κ1) is 15.0. The molecule has 2 aliphatic heterocycles. The molecule has 4 heterocycles. The standard InChI is InChI=1S/C17H21N5O2/c23-17(14-5-8-19-20-14)22-11-6-13(12-22)24-15-4-3-7-18-16(15)21-9-1-2-10-21/h3-5,7-8,13H,1-2,6,9-12H2,(H,19,20)/t13-/m1/s1. The number of aromatic nitrogens is 3. The lowest BCUT2D eigenvalue weighted by Crippen LogP contribution is -2.31. The third kappa shape index (κ3) is 2.93. The van der Waals surface area contributed by atoms with Crippen molar-refractivity contribution in [3.8, 4) is 5.75 Å². The summed E-state index contributed by atoms with van der Waals surface area (Å²) >= 11 is 0. The van der Waals surface area contributed by atoms with Crippen LogP contribution < -0.4 is 9.64 Å². The summed E-state index contributed by atoms with van der Waals surface area (Å²) < 4.78 is 6.19. The van der Waals surface area contributed by atoms with Gasteiger partial charge in [-0.15, -0.1) is 0 Å². The monoisotopic (exact) mass is 327 g/mol. The van der Waals surface area contributed by atoms with Gasteiger partial charge < -0.3 is 14.5 Å². The minimum Gasteiger partial charge on any atom is -0.485 e. The SMILES string of the molecule is O=C(c1ccn[nH]1)N1CC[C@@H](Oc2cccnc2N2CCCC2)C1. The van der Waals surface area contributed by atoms with Crippen LogP contribution in [0.5, 0.6) is 5.75 Å². The Hall–Kier alpha value is -2.57. The highest BCUT2D eigenvalue weighted by Gasteiger charge is 2.30. The van der Waals surface area contributed by atoms with E-state index in [4.69, 9.17) is 4.74 Å². The van der Waals surface area contributed by atoms with Crippen LogP contribution >= 0.6 is 0 Å². The van der Waals surface area contributed by atoms with Crippen molar-refractivity contribution in [2.24, 2.45) is 0 Å². The Kier molecular flexibility index (Phi) is 4.06. The molecule has 1 N–H and O–H groups in total. The van der Waals surface area contributed by atoms with Gasteiger partial charge >= 0.3 is 0 Å². The van der Waals surface area contributed by atoms with Crippen LogP contribution in [0.25, 0.3) is 0 Å². The summed E-state index contributed by atoms with van der Waals surface area (Å²) in [5.41, 5.74) is 0.523. The number of carbonyl (C=O) groups is 1. The van der Waals surface area contributed by atoms with Crippen LogP contribution in [0.3, 0.4) is 0 Å². The van der Waals surface area contributed by atoms with Crippen LogP contribution in [0.15, 0.2) is 30.6 Å². The van der Waals surface area contributed by atoms with Crippen molar-refractivity contribution >= 4 is 11.7 Å². The number of nitrogens with zero attached hydrogens (tertiary/aromatic N) is 4. The second kappa shape index (κ2) is 6.51. The van der Waals surface area contributed by atoms with Gasteiger partial charge in [-0.25, -0.2) is 4.98 Å². The molecule has 0 unspecified atom stereocenters. The molecule has 1 atom stereocenters. The lowest BCUT2D eigenvalue weighted by molar-refractivity contribution is 0.0766. The maximum Gasteiger partial charge on any atom is 0.271 e. The third-order valence-electron chi connectivity index (χ3n) is 4.61. The summed E-state index contributed by atoms with van der Waals surface area (Å²) in [6, 6.07) is 5.57. The number of aromatic amines is 1. The molecule has 1 amide bonds. The van der Waals surface area contributed by atoms with Gasteiger partial charge in [0.25, 0.3) is 5.91 Å². The first-order valence-electron chi connectivity index (χ1n) is 8.46. The topological polar surface area (TPSA) is 74.3 Å². The van der Waals surface area contributed by atoms with E-state index in [9.17, 15) is 4.79 Å². The molecule has 126 valence electrons. The highest BCUT2D eigenvalue weighted by molar-refractivity contribution is 5.92. The number of hydrogen-bond acceptors (Lipinski definition) is 5. The number of rotatable bonds is 4. The lowest BCUT2D eigenvalue weighted by Gasteiger charge is -2.22. The molecule has 0 bridgehead atoms. The Morgan fingerprint density at radius 1 is 1.21 bits per heavy atom. The molecule has 2 fully saturated rings. The number of likely N-dealkylation sites (tertiary alicyclic amines) is 1. The minimum atomic E-state index is -0.0236. The fourth-order valence-electron chi connectivity index (χ4n) is 3.37. The molecule has 2 saturated heterocycles. The molecule has 0 saturated carbocycles. The summed E-state index contributed by atoms with van der Waals surface area (Å²) in [6.07, 6.45) is 6.63. The van der Waals surface area contributed by atoms with Gasteiger partial charge in [0, 0.05) is 38.4 Å². The zero-order chi connectivity index (χ0) is 16.4. The Morgan fingerprint density at radius 2 is 2.08 bits per heavy atom. The van der Waals surface area contributed by atoms with E-state index in [0.717, 1.165) is 31.1 Å². The normalized spacial score (nSPS) is 20.6. The quantitative estimate of drug-likeness (QED) is 0.925. The molecule has 7 nitrogen and oxygen atoms in total. The van der Waals surface area contributed by atoms with E-state index in [-0.39, 0.29) is 12.0 Å². The largest absolute Gasteiger partial charge is 0.485 e. The van der Waals surface area contributed by atoms with Crippen LogP contribution in [0.4, 0.5) is 5.82 Å². The number of H-pyrrole nitrogens is 1. The highest BCUT2D eigenvalue weighted by Crippen LogP contribution is 2.30. The van der Waals surface area contributed by atoms with E-state index in [1.165, 1.54) is 12.8 Å². The van der Waals surface area contributed by atoms with E-state index >= 15 is 0 Å². The van der Waals surface area contributed by atoms with Crippen LogP contribution in [0.1, 0.15) is 29.8 Å². The highest BCUT2D eigenvalue weighted by atomic mass is 16.5. The summed E-state index contributed by atoms with van der Waals surface area (Å²) in [6.45, 7) is 3.35. The molecular formula is C17H21N5O2. The maximum absolute atomic E-state index is 12.4. The fraction of sp³-hybridized carbons (Fsp3) is 0.471. The number of ether oxygens (including phenoxy) is 1. The molecule has 0 spiro atoms. The van der Waals surface area contributed by atoms with E-state index in [2.05, 4.69) is 20.1 Å². The van der Waals surface area contributed by atoms with Crippen molar-refractivity contribution in [3.05, 3.63) is 36.3 Å². The number of nitrogens with one attached hydrogen (secondary N) is 1. The Bertz CT molecular complexity index is 697. The molecule has 0 radical (unpaired) electrons. The molecule has 2 aromatic heterocycles. The number of pyridine rings is 1. The van der Waals surface area contributed by atoms with Crippen molar-refractivity contribution in [2.45, 2.75) is 25.4 Å². The van der Waals surface area contributed by atoms with Gasteiger partial charge in [0.05, 0.1) is 6.54 Å². The molecule has 24 heavy (non-hydrogen) atoms. The minimum absolute atomic E-state index is 0.00224. The van der Waals surface area contributed by atoms with Gasteiger partial charge in [0.15, 0.2) is 11.6 Å². The first-order valence-corrected chi connectivity index (χ1v) is 8.46. The van der Waals surface area contributed by atoms with Gasteiger partial charge in [-0.2, -0.15) is 5.10 Å². The fourth-order valence-corrected chi connectivity index (χ4v) is 3.37. The van der Waals surface area contributed by atoms with E-state index < -0.39 is 0 Å². The predicted molar refractivity (Wildman–Crippen MR) is 89.2 cm³/mol.